The molecule has 0 bridgehead atoms. The molecule has 0 aliphatic rings. The predicted molar refractivity (Wildman–Crippen MR) is 130 cm³/mol. The molecule has 9 nitrogen and oxygen atoms in total. The number of oxazole rings is 1. The number of aromatic nitrogens is 1. The third-order valence-corrected chi connectivity index (χ3v) is 6.90. The standard InChI is InChI=1S/C23H21N3O6S2/c1-30-19-9-5-3-7-16(19)24-22(27)14-33-23-25-18-13-15(11-12-21(18)32-23)34(28,29)26-17-8-4-6-10-20(17)31-2/h3-13,26H,14H2,1-2H3,(H,24,27). The van der Waals surface area contributed by atoms with E-state index >= 15 is 0 Å². The van der Waals surface area contributed by atoms with Crippen molar-refractivity contribution < 1.29 is 27.1 Å². The van der Waals surface area contributed by atoms with Crippen LogP contribution in [0, 0.1) is 0 Å². The van der Waals surface area contributed by atoms with Crippen molar-refractivity contribution in [1.82, 2.24) is 4.98 Å². The number of anilines is 2. The van der Waals surface area contributed by atoms with Crippen LogP contribution in [0.25, 0.3) is 11.1 Å². The molecule has 176 valence electrons. The van der Waals surface area contributed by atoms with Crippen LogP contribution in [0.2, 0.25) is 0 Å². The maximum Gasteiger partial charge on any atom is 0.262 e. The zero-order chi connectivity index (χ0) is 24.1. The largest absolute Gasteiger partial charge is 0.495 e. The SMILES string of the molecule is COc1ccccc1NC(=O)CSc1nc2cc(S(=O)(=O)Nc3ccccc3OC)ccc2o1. The summed E-state index contributed by atoms with van der Waals surface area (Å²) in [5, 5.41) is 3.02. The number of carbonyl (C=O) groups excluding carboxylic acids is 1. The minimum absolute atomic E-state index is 0.0182. The van der Waals surface area contributed by atoms with E-state index in [1.807, 2.05) is 6.07 Å². The van der Waals surface area contributed by atoms with Crippen molar-refractivity contribution in [2.24, 2.45) is 0 Å². The van der Waals surface area contributed by atoms with Crippen LogP contribution in [0.5, 0.6) is 11.5 Å². The van der Waals surface area contributed by atoms with E-state index in [-0.39, 0.29) is 21.8 Å². The number of ether oxygens (including phenoxy) is 2. The van der Waals surface area contributed by atoms with Crippen molar-refractivity contribution in [3.05, 3.63) is 66.7 Å². The molecule has 1 heterocycles. The molecule has 0 aliphatic carbocycles. The molecule has 0 fully saturated rings. The van der Waals surface area contributed by atoms with Crippen molar-refractivity contribution in [3.8, 4) is 11.5 Å². The van der Waals surface area contributed by atoms with E-state index in [1.165, 1.54) is 32.4 Å². The second-order valence-corrected chi connectivity index (χ2v) is 9.56. The number of hydrogen-bond donors (Lipinski definition) is 2. The summed E-state index contributed by atoms with van der Waals surface area (Å²) < 4.78 is 44.3. The summed E-state index contributed by atoms with van der Waals surface area (Å²) in [5.74, 6) is 0.739. The van der Waals surface area contributed by atoms with Crippen molar-refractivity contribution in [2.75, 3.05) is 30.0 Å². The average Bonchev–Trinajstić information content (AvgIpc) is 3.25. The molecular weight excluding hydrogens is 478 g/mol. The fourth-order valence-corrected chi connectivity index (χ4v) is 4.84. The van der Waals surface area contributed by atoms with Gasteiger partial charge in [0, 0.05) is 0 Å². The van der Waals surface area contributed by atoms with Gasteiger partial charge in [-0.2, -0.15) is 0 Å². The molecule has 0 spiro atoms. The highest BCUT2D eigenvalue weighted by molar-refractivity contribution is 7.99. The van der Waals surface area contributed by atoms with E-state index in [1.54, 1.807) is 42.5 Å². The number of fused-ring (bicyclic) bond motifs is 1. The third kappa shape index (κ3) is 5.26. The van der Waals surface area contributed by atoms with Gasteiger partial charge in [0.25, 0.3) is 15.2 Å². The number of benzene rings is 3. The van der Waals surface area contributed by atoms with Gasteiger partial charge < -0.3 is 19.2 Å². The van der Waals surface area contributed by atoms with Crippen LogP contribution < -0.4 is 19.5 Å². The summed E-state index contributed by atoms with van der Waals surface area (Å²) in [7, 11) is -0.901. The maximum absolute atomic E-state index is 12.9. The molecule has 34 heavy (non-hydrogen) atoms. The second kappa shape index (κ2) is 10.1. The van der Waals surface area contributed by atoms with E-state index in [2.05, 4.69) is 15.0 Å². The Morgan fingerprint density at radius 1 is 0.971 bits per heavy atom. The number of amides is 1. The molecule has 0 saturated carbocycles. The zero-order valence-electron chi connectivity index (χ0n) is 18.3. The number of thioether (sulfide) groups is 1. The highest BCUT2D eigenvalue weighted by Gasteiger charge is 2.19. The van der Waals surface area contributed by atoms with Crippen molar-refractivity contribution in [3.63, 3.8) is 0 Å². The van der Waals surface area contributed by atoms with Crippen LogP contribution in [0.3, 0.4) is 0 Å². The van der Waals surface area contributed by atoms with E-state index in [0.29, 0.717) is 34.0 Å². The van der Waals surface area contributed by atoms with E-state index in [4.69, 9.17) is 13.9 Å². The molecule has 2 N–H and O–H groups in total. The summed E-state index contributed by atoms with van der Waals surface area (Å²) in [6, 6.07) is 18.2. The monoisotopic (exact) mass is 499 g/mol. The quantitative estimate of drug-likeness (QED) is 0.326. The molecule has 0 saturated heterocycles. The van der Waals surface area contributed by atoms with E-state index in [0.717, 1.165) is 11.8 Å². The molecule has 3 aromatic carbocycles. The Kier molecular flexibility index (Phi) is 6.94. The highest BCUT2D eigenvalue weighted by Crippen LogP contribution is 2.29. The first-order valence-electron chi connectivity index (χ1n) is 10.0. The lowest BCUT2D eigenvalue weighted by Gasteiger charge is -2.11. The maximum atomic E-state index is 12.9. The number of rotatable bonds is 9. The van der Waals surface area contributed by atoms with Gasteiger partial charge in [-0.1, -0.05) is 36.0 Å². The lowest BCUT2D eigenvalue weighted by atomic mass is 10.3. The highest BCUT2D eigenvalue weighted by atomic mass is 32.2. The molecular formula is C23H21N3O6S2. The van der Waals surface area contributed by atoms with Gasteiger partial charge in [-0.15, -0.1) is 0 Å². The first kappa shape index (κ1) is 23.5. The van der Waals surface area contributed by atoms with Gasteiger partial charge in [0.05, 0.1) is 36.2 Å². The van der Waals surface area contributed by atoms with E-state index in [9.17, 15) is 13.2 Å². The molecule has 4 aromatic rings. The van der Waals surface area contributed by atoms with Gasteiger partial charge in [-0.3, -0.25) is 9.52 Å². The number of sulfonamides is 1. The van der Waals surface area contributed by atoms with Crippen molar-refractivity contribution in [1.29, 1.82) is 0 Å². The molecule has 4 rings (SSSR count). The molecule has 0 radical (unpaired) electrons. The van der Waals surface area contributed by atoms with Crippen LogP contribution in [-0.2, 0) is 14.8 Å². The van der Waals surface area contributed by atoms with Crippen LogP contribution in [0.4, 0.5) is 11.4 Å². The lowest BCUT2D eigenvalue weighted by molar-refractivity contribution is -0.113. The van der Waals surface area contributed by atoms with Crippen molar-refractivity contribution >= 4 is 50.2 Å². The Morgan fingerprint density at radius 2 is 1.62 bits per heavy atom. The topological polar surface area (TPSA) is 120 Å². The fraction of sp³-hybridized carbons (Fsp3) is 0.130. The first-order chi connectivity index (χ1) is 16.4. The summed E-state index contributed by atoms with van der Waals surface area (Å²) in [5.41, 5.74) is 1.65. The number of nitrogens with one attached hydrogen (secondary N) is 2. The van der Waals surface area contributed by atoms with Gasteiger partial charge in [-0.05, 0) is 42.5 Å². The Morgan fingerprint density at radius 3 is 2.32 bits per heavy atom. The fourth-order valence-electron chi connectivity index (χ4n) is 3.11. The normalized spacial score (nSPS) is 11.2. The minimum Gasteiger partial charge on any atom is -0.495 e. The van der Waals surface area contributed by atoms with Gasteiger partial charge >= 0.3 is 0 Å². The molecule has 0 aliphatic heterocycles. The van der Waals surface area contributed by atoms with Crippen LogP contribution in [0.15, 0.2) is 81.3 Å². The summed E-state index contributed by atoms with van der Waals surface area (Å²) in [6.45, 7) is 0. The summed E-state index contributed by atoms with van der Waals surface area (Å²) in [4.78, 5) is 16.7. The Hall–Kier alpha value is -3.70. The molecule has 1 aromatic heterocycles. The van der Waals surface area contributed by atoms with Gasteiger partial charge in [0.15, 0.2) is 5.58 Å². The Balaban J connectivity index is 1.46. The lowest BCUT2D eigenvalue weighted by Crippen LogP contribution is -2.14. The molecule has 11 heteroatoms. The Labute approximate surface area is 200 Å². The number of methoxy groups -OCH3 is 2. The second-order valence-electron chi connectivity index (χ2n) is 6.95. The molecule has 0 unspecified atom stereocenters. The van der Waals surface area contributed by atoms with Crippen LogP contribution >= 0.6 is 11.8 Å². The smallest absolute Gasteiger partial charge is 0.262 e. The van der Waals surface area contributed by atoms with Crippen LogP contribution in [0.1, 0.15) is 0 Å². The number of hydrogen-bond acceptors (Lipinski definition) is 8. The number of carbonyl (C=O) groups is 1. The molecule has 0 atom stereocenters. The Bertz CT molecular complexity index is 1440. The summed E-state index contributed by atoms with van der Waals surface area (Å²) in [6.07, 6.45) is 0. The first-order valence-corrected chi connectivity index (χ1v) is 12.5. The predicted octanol–water partition coefficient (Wildman–Crippen LogP) is 4.38. The third-order valence-electron chi connectivity index (χ3n) is 4.71. The van der Waals surface area contributed by atoms with Crippen LogP contribution in [-0.4, -0.2) is 39.3 Å². The minimum atomic E-state index is -3.89. The number of para-hydroxylation sites is 4. The van der Waals surface area contributed by atoms with E-state index < -0.39 is 10.0 Å². The molecule has 1 amide bonds. The van der Waals surface area contributed by atoms with Crippen molar-refractivity contribution in [2.45, 2.75) is 10.1 Å². The average molecular weight is 500 g/mol. The van der Waals surface area contributed by atoms with Gasteiger partial charge in [-0.25, -0.2) is 13.4 Å². The van der Waals surface area contributed by atoms with Gasteiger partial charge in [0.2, 0.25) is 5.91 Å². The number of nitrogens with zero attached hydrogens (tertiary/aromatic N) is 1. The van der Waals surface area contributed by atoms with Gasteiger partial charge in [0.1, 0.15) is 17.0 Å². The zero-order valence-corrected chi connectivity index (χ0v) is 19.9. The summed E-state index contributed by atoms with van der Waals surface area (Å²) >= 11 is 1.10.